The average molecular weight is 315 g/mol. The second-order valence-corrected chi connectivity index (χ2v) is 6.26. The molecule has 0 atom stereocenters. The molecule has 5 heteroatoms. The number of aromatic nitrogens is 1. The molecule has 0 saturated carbocycles. The predicted molar refractivity (Wildman–Crippen MR) is 74.5 cm³/mol. The fourth-order valence-electron chi connectivity index (χ4n) is 1.54. The second-order valence-electron chi connectivity index (χ2n) is 3.89. The molecule has 0 fully saturated rings. The molecule has 0 aromatic carbocycles. The Bertz CT molecular complexity index is 473. The van der Waals surface area contributed by atoms with Gasteiger partial charge >= 0.3 is 0 Å². The van der Waals surface area contributed by atoms with Crippen molar-refractivity contribution >= 4 is 27.3 Å². The maximum absolute atomic E-state index is 5.74. The molecule has 0 spiro atoms. The minimum absolute atomic E-state index is 0.817. The molecule has 0 aliphatic rings. The van der Waals surface area contributed by atoms with Crippen LogP contribution in [-0.2, 0) is 6.42 Å². The first kappa shape index (κ1) is 12.8. The van der Waals surface area contributed by atoms with E-state index in [0.717, 1.165) is 39.7 Å². The van der Waals surface area contributed by atoms with Crippen LogP contribution < -0.4 is 5.32 Å². The van der Waals surface area contributed by atoms with Gasteiger partial charge in [-0.2, -0.15) is 0 Å². The van der Waals surface area contributed by atoms with Gasteiger partial charge in [0.05, 0.1) is 14.9 Å². The van der Waals surface area contributed by atoms with Crippen molar-refractivity contribution in [1.29, 1.82) is 0 Å². The second kappa shape index (κ2) is 5.80. The van der Waals surface area contributed by atoms with E-state index >= 15 is 0 Å². The van der Waals surface area contributed by atoms with Crippen molar-refractivity contribution in [3.63, 3.8) is 0 Å². The van der Waals surface area contributed by atoms with E-state index in [0.29, 0.717) is 0 Å². The molecular weight excluding hydrogens is 300 g/mol. The highest BCUT2D eigenvalue weighted by atomic mass is 79.9. The molecule has 2 heterocycles. The molecule has 2 aromatic rings. The zero-order chi connectivity index (χ0) is 12.3. The Hall–Kier alpha value is -0.650. The summed E-state index contributed by atoms with van der Waals surface area (Å²) < 4.78 is 6.89. The fraction of sp³-hybridized carbons (Fsp3) is 0.417. The smallest absolute Gasteiger partial charge is 0.194 e. The van der Waals surface area contributed by atoms with E-state index in [2.05, 4.69) is 39.2 Å². The van der Waals surface area contributed by atoms with Crippen molar-refractivity contribution in [2.75, 3.05) is 13.6 Å². The van der Waals surface area contributed by atoms with Crippen LogP contribution in [0.4, 0.5) is 0 Å². The van der Waals surface area contributed by atoms with Crippen LogP contribution in [0.1, 0.15) is 17.9 Å². The van der Waals surface area contributed by atoms with Crippen LogP contribution in [0.2, 0.25) is 0 Å². The van der Waals surface area contributed by atoms with Gasteiger partial charge in [-0.05, 0) is 54.5 Å². The van der Waals surface area contributed by atoms with Gasteiger partial charge in [0.1, 0.15) is 0 Å². The number of hydrogen-bond donors (Lipinski definition) is 1. The molecule has 2 rings (SSSR count). The first-order valence-corrected chi connectivity index (χ1v) is 7.17. The predicted octanol–water partition coefficient (Wildman–Crippen LogP) is 3.63. The summed E-state index contributed by atoms with van der Waals surface area (Å²) in [4.78, 5) is 5.43. The lowest BCUT2D eigenvalue weighted by Crippen LogP contribution is -2.08. The van der Waals surface area contributed by atoms with Gasteiger partial charge in [-0.25, -0.2) is 4.98 Å². The zero-order valence-corrected chi connectivity index (χ0v) is 12.3. The maximum atomic E-state index is 5.74. The first-order valence-electron chi connectivity index (χ1n) is 5.56. The van der Waals surface area contributed by atoms with Gasteiger partial charge in [0, 0.05) is 6.42 Å². The van der Waals surface area contributed by atoms with E-state index in [1.807, 2.05) is 13.2 Å². The van der Waals surface area contributed by atoms with E-state index < -0.39 is 0 Å². The number of aryl methyl sites for hydroxylation is 2. The molecule has 3 nitrogen and oxygen atoms in total. The fourth-order valence-corrected chi connectivity index (χ4v) is 3.02. The normalized spacial score (nSPS) is 11.0. The Balaban J connectivity index is 2.07. The van der Waals surface area contributed by atoms with Crippen LogP contribution in [0.25, 0.3) is 10.6 Å². The molecule has 0 aliphatic carbocycles. The number of halogens is 1. The largest absolute Gasteiger partial charge is 0.440 e. The summed E-state index contributed by atoms with van der Waals surface area (Å²) >= 11 is 5.20. The third-order valence-corrected chi connectivity index (χ3v) is 4.62. The van der Waals surface area contributed by atoms with Gasteiger partial charge in [0.25, 0.3) is 0 Å². The van der Waals surface area contributed by atoms with Crippen LogP contribution in [0.5, 0.6) is 0 Å². The van der Waals surface area contributed by atoms with E-state index in [9.17, 15) is 0 Å². The molecule has 0 radical (unpaired) electrons. The zero-order valence-electron chi connectivity index (χ0n) is 9.92. The Labute approximate surface area is 113 Å². The quantitative estimate of drug-likeness (QED) is 0.856. The molecule has 0 aliphatic heterocycles. The molecule has 2 aromatic heterocycles. The van der Waals surface area contributed by atoms with Crippen molar-refractivity contribution in [3.8, 4) is 10.6 Å². The lowest BCUT2D eigenvalue weighted by Gasteiger charge is -1.95. The maximum Gasteiger partial charge on any atom is 0.194 e. The highest BCUT2D eigenvalue weighted by molar-refractivity contribution is 9.11. The Kier molecular flexibility index (Phi) is 4.36. The van der Waals surface area contributed by atoms with Crippen molar-refractivity contribution in [2.45, 2.75) is 19.8 Å². The summed E-state index contributed by atoms with van der Waals surface area (Å²) in [5.41, 5.74) is 1.23. The summed E-state index contributed by atoms with van der Waals surface area (Å²) in [5.74, 6) is 1.68. The topological polar surface area (TPSA) is 38.1 Å². The van der Waals surface area contributed by atoms with Crippen LogP contribution in [0, 0.1) is 6.92 Å². The molecule has 1 N–H and O–H groups in total. The van der Waals surface area contributed by atoms with Crippen molar-refractivity contribution in [3.05, 3.63) is 27.5 Å². The van der Waals surface area contributed by atoms with Gasteiger partial charge in [-0.3, -0.25) is 0 Å². The summed E-state index contributed by atoms with van der Waals surface area (Å²) in [6.07, 6.45) is 3.74. The monoisotopic (exact) mass is 314 g/mol. The average Bonchev–Trinajstić information content (AvgIpc) is 2.88. The molecule has 0 saturated heterocycles. The summed E-state index contributed by atoms with van der Waals surface area (Å²) in [6, 6.07) is 2.12. The van der Waals surface area contributed by atoms with Gasteiger partial charge in [-0.1, -0.05) is 0 Å². The Morgan fingerprint density at radius 2 is 2.35 bits per heavy atom. The third kappa shape index (κ3) is 3.18. The van der Waals surface area contributed by atoms with Gasteiger partial charge in [-0.15, -0.1) is 11.3 Å². The SMILES string of the molecule is CNCCCc1ncc(-c2cc(C)c(Br)s2)o1. The van der Waals surface area contributed by atoms with Crippen LogP contribution in [0.15, 0.2) is 20.5 Å². The van der Waals surface area contributed by atoms with E-state index in [1.165, 1.54) is 5.56 Å². The van der Waals surface area contributed by atoms with Gasteiger partial charge < -0.3 is 9.73 Å². The van der Waals surface area contributed by atoms with Crippen molar-refractivity contribution in [2.24, 2.45) is 0 Å². The minimum Gasteiger partial charge on any atom is -0.440 e. The highest BCUT2D eigenvalue weighted by Crippen LogP contribution is 2.34. The van der Waals surface area contributed by atoms with Crippen molar-refractivity contribution in [1.82, 2.24) is 10.3 Å². The third-order valence-electron chi connectivity index (χ3n) is 2.47. The Morgan fingerprint density at radius 3 is 3.00 bits per heavy atom. The first-order chi connectivity index (χ1) is 8.20. The number of oxazole rings is 1. The molecule has 0 bridgehead atoms. The highest BCUT2D eigenvalue weighted by Gasteiger charge is 2.10. The van der Waals surface area contributed by atoms with Crippen molar-refractivity contribution < 1.29 is 4.42 Å². The number of hydrogen-bond acceptors (Lipinski definition) is 4. The van der Waals surface area contributed by atoms with E-state index in [4.69, 9.17) is 4.42 Å². The number of nitrogens with one attached hydrogen (secondary N) is 1. The lowest BCUT2D eigenvalue weighted by molar-refractivity contribution is 0.496. The number of nitrogens with zero attached hydrogens (tertiary/aromatic N) is 1. The molecular formula is C12H15BrN2OS. The molecule has 0 unspecified atom stereocenters. The lowest BCUT2D eigenvalue weighted by atomic mass is 10.3. The van der Waals surface area contributed by atoms with Gasteiger partial charge in [0.15, 0.2) is 11.7 Å². The van der Waals surface area contributed by atoms with E-state index in [1.54, 1.807) is 11.3 Å². The Morgan fingerprint density at radius 1 is 1.53 bits per heavy atom. The molecule has 0 amide bonds. The summed E-state index contributed by atoms with van der Waals surface area (Å²) in [6.45, 7) is 3.07. The van der Waals surface area contributed by atoms with Crippen LogP contribution >= 0.6 is 27.3 Å². The number of thiophene rings is 1. The van der Waals surface area contributed by atoms with Gasteiger partial charge in [0.2, 0.25) is 0 Å². The van der Waals surface area contributed by atoms with Crippen LogP contribution in [0.3, 0.4) is 0 Å². The number of rotatable bonds is 5. The summed E-state index contributed by atoms with van der Waals surface area (Å²) in [7, 11) is 1.95. The molecule has 92 valence electrons. The summed E-state index contributed by atoms with van der Waals surface area (Å²) in [5, 5.41) is 3.11. The standard InChI is InChI=1S/C12H15BrN2OS/c1-8-6-10(17-12(8)13)9-7-15-11(16-9)4-3-5-14-2/h6-7,14H,3-5H2,1-2H3. The van der Waals surface area contributed by atoms with E-state index in [-0.39, 0.29) is 0 Å². The van der Waals surface area contributed by atoms with Crippen LogP contribution in [-0.4, -0.2) is 18.6 Å². The molecule has 17 heavy (non-hydrogen) atoms. The minimum atomic E-state index is 0.817.